The van der Waals surface area contributed by atoms with Crippen molar-refractivity contribution in [2.75, 3.05) is 44.2 Å². The molecular formula is C17H23N5O. The Bertz CT molecular complexity index is 558. The molecule has 6 heteroatoms. The predicted molar refractivity (Wildman–Crippen MR) is 89.7 cm³/mol. The first-order valence-corrected chi connectivity index (χ1v) is 8.19. The van der Waals surface area contributed by atoms with Crippen LogP contribution in [0.2, 0.25) is 0 Å². The molecule has 2 aromatic rings. The zero-order valence-corrected chi connectivity index (χ0v) is 13.3. The summed E-state index contributed by atoms with van der Waals surface area (Å²) >= 11 is 0. The average Bonchev–Trinajstić information content (AvgIpc) is 2.64. The molecule has 0 atom stereocenters. The van der Waals surface area contributed by atoms with Crippen molar-refractivity contribution < 1.29 is 4.74 Å². The molecule has 0 N–H and O–H groups in total. The normalized spacial score (nSPS) is 15.6. The fourth-order valence-corrected chi connectivity index (χ4v) is 2.72. The Labute approximate surface area is 137 Å². The first-order chi connectivity index (χ1) is 11.4. The Balaban J connectivity index is 1.29. The van der Waals surface area contributed by atoms with Crippen LogP contribution in [-0.2, 0) is 0 Å². The molecule has 0 bridgehead atoms. The monoisotopic (exact) mass is 313 g/mol. The fourth-order valence-electron chi connectivity index (χ4n) is 2.72. The lowest BCUT2D eigenvalue weighted by atomic mass is 10.2. The van der Waals surface area contributed by atoms with Crippen LogP contribution in [0.5, 0.6) is 5.88 Å². The van der Waals surface area contributed by atoms with Crippen LogP contribution >= 0.6 is 0 Å². The number of anilines is 1. The highest BCUT2D eigenvalue weighted by atomic mass is 16.5. The van der Waals surface area contributed by atoms with E-state index in [1.165, 1.54) is 0 Å². The van der Waals surface area contributed by atoms with E-state index in [1.807, 2.05) is 18.3 Å². The number of piperazine rings is 1. The summed E-state index contributed by atoms with van der Waals surface area (Å²) in [6.45, 7) is 6.12. The number of hydrogen-bond acceptors (Lipinski definition) is 6. The molecule has 0 saturated carbocycles. The zero-order valence-electron chi connectivity index (χ0n) is 13.3. The van der Waals surface area contributed by atoms with Gasteiger partial charge in [-0.1, -0.05) is 6.07 Å². The Morgan fingerprint density at radius 3 is 2.61 bits per heavy atom. The van der Waals surface area contributed by atoms with Crippen LogP contribution in [0, 0.1) is 0 Å². The number of unbranched alkanes of at least 4 members (excludes halogenated alkanes) is 1. The number of nitrogens with zero attached hydrogens (tertiary/aromatic N) is 5. The molecule has 23 heavy (non-hydrogen) atoms. The third kappa shape index (κ3) is 4.89. The number of hydrogen-bond donors (Lipinski definition) is 0. The van der Waals surface area contributed by atoms with Crippen LogP contribution in [0.1, 0.15) is 12.8 Å². The minimum Gasteiger partial charge on any atom is -0.477 e. The van der Waals surface area contributed by atoms with Gasteiger partial charge >= 0.3 is 0 Å². The highest BCUT2D eigenvalue weighted by Gasteiger charge is 2.17. The van der Waals surface area contributed by atoms with Gasteiger partial charge in [-0.25, -0.2) is 9.97 Å². The maximum absolute atomic E-state index is 5.56. The van der Waals surface area contributed by atoms with Gasteiger partial charge in [0, 0.05) is 44.8 Å². The largest absolute Gasteiger partial charge is 0.477 e. The molecule has 3 rings (SSSR count). The SMILES string of the molecule is c1ccc(N2CCN(CCCCOc3cnccn3)CC2)nc1. The van der Waals surface area contributed by atoms with E-state index in [-0.39, 0.29) is 0 Å². The lowest BCUT2D eigenvalue weighted by Crippen LogP contribution is -2.46. The quantitative estimate of drug-likeness (QED) is 0.727. The molecular weight excluding hydrogens is 290 g/mol. The van der Waals surface area contributed by atoms with Gasteiger partial charge in [0.25, 0.3) is 0 Å². The zero-order chi connectivity index (χ0) is 15.7. The van der Waals surface area contributed by atoms with Gasteiger partial charge in [0.2, 0.25) is 5.88 Å². The summed E-state index contributed by atoms with van der Waals surface area (Å²) in [4.78, 5) is 17.4. The Hall–Kier alpha value is -2.21. The van der Waals surface area contributed by atoms with Crippen molar-refractivity contribution in [1.29, 1.82) is 0 Å². The summed E-state index contributed by atoms with van der Waals surface area (Å²) in [5, 5.41) is 0. The molecule has 1 saturated heterocycles. The first-order valence-electron chi connectivity index (χ1n) is 8.19. The number of aromatic nitrogens is 3. The van der Waals surface area contributed by atoms with Crippen LogP contribution in [0.25, 0.3) is 0 Å². The lowest BCUT2D eigenvalue weighted by Gasteiger charge is -2.35. The molecule has 1 fully saturated rings. The summed E-state index contributed by atoms with van der Waals surface area (Å²) in [5.74, 6) is 1.70. The Kier molecular flexibility index (Phi) is 5.75. The fraction of sp³-hybridized carbons (Fsp3) is 0.471. The van der Waals surface area contributed by atoms with E-state index in [0.717, 1.165) is 51.4 Å². The van der Waals surface area contributed by atoms with Gasteiger partial charge in [0.15, 0.2) is 0 Å². The van der Waals surface area contributed by atoms with Crippen LogP contribution in [0.15, 0.2) is 43.0 Å². The van der Waals surface area contributed by atoms with E-state index in [1.54, 1.807) is 18.6 Å². The molecule has 1 aliphatic heterocycles. The van der Waals surface area contributed by atoms with E-state index in [0.29, 0.717) is 12.5 Å². The smallest absolute Gasteiger partial charge is 0.232 e. The molecule has 0 unspecified atom stereocenters. The van der Waals surface area contributed by atoms with Gasteiger partial charge in [-0.05, 0) is 31.5 Å². The van der Waals surface area contributed by atoms with E-state index >= 15 is 0 Å². The molecule has 0 amide bonds. The molecule has 0 spiro atoms. The second-order valence-electron chi connectivity index (χ2n) is 5.62. The average molecular weight is 313 g/mol. The van der Waals surface area contributed by atoms with Crippen LogP contribution in [0.3, 0.4) is 0 Å². The van der Waals surface area contributed by atoms with Crippen molar-refractivity contribution in [3.63, 3.8) is 0 Å². The summed E-state index contributed by atoms with van der Waals surface area (Å²) in [7, 11) is 0. The maximum Gasteiger partial charge on any atom is 0.232 e. The van der Waals surface area contributed by atoms with E-state index in [9.17, 15) is 0 Å². The van der Waals surface area contributed by atoms with Crippen molar-refractivity contribution in [1.82, 2.24) is 19.9 Å². The lowest BCUT2D eigenvalue weighted by molar-refractivity contribution is 0.236. The van der Waals surface area contributed by atoms with Gasteiger partial charge in [-0.2, -0.15) is 0 Å². The Morgan fingerprint density at radius 1 is 0.957 bits per heavy atom. The number of rotatable bonds is 7. The van der Waals surface area contributed by atoms with Crippen molar-refractivity contribution >= 4 is 5.82 Å². The predicted octanol–water partition coefficient (Wildman–Crippen LogP) is 1.85. The van der Waals surface area contributed by atoms with E-state index in [4.69, 9.17) is 4.74 Å². The van der Waals surface area contributed by atoms with Gasteiger partial charge in [-0.15, -0.1) is 0 Å². The molecule has 122 valence electrons. The summed E-state index contributed by atoms with van der Waals surface area (Å²) in [5.41, 5.74) is 0. The van der Waals surface area contributed by atoms with Crippen molar-refractivity contribution in [3.05, 3.63) is 43.0 Å². The van der Waals surface area contributed by atoms with Gasteiger partial charge in [0.05, 0.1) is 12.8 Å². The summed E-state index contributed by atoms with van der Waals surface area (Å²) < 4.78 is 5.56. The molecule has 0 radical (unpaired) electrons. The number of pyridine rings is 1. The first kappa shape index (κ1) is 15.7. The van der Waals surface area contributed by atoms with Gasteiger partial charge < -0.3 is 9.64 Å². The molecule has 0 aliphatic carbocycles. The molecule has 0 aromatic carbocycles. The topological polar surface area (TPSA) is 54.4 Å². The second-order valence-corrected chi connectivity index (χ2v) is 5.62. The van der Waals surface area contributed by atoms with Crippen LogP contribution in [-0.4, -0.2) is 59.2 Å². The van der Waals surface area contributed by atoms with E-state index < -0.39 is 0 Å². The third-order valence-corrected chi connectivity index (χ3v) is 4.00. The molecule has 2 aromatic heterocycles. The summed E-state index contributed by atoms with van der Waals surface area (Å²) in [6.07, 6.45) is 8.99. The van der Waals surface area contributed by atoms with Crippen molar-refractivity contribution in [2.24, 2.45) is 0 Å². The summed E-state index contributed by atoms with van der Waals surface area (Å²) in [6, 6.07) is 6.09. The number of ether oxygens (including phenoxy) is 1. The van der Waals surface area contributed by atoms with Gasteiger partial charge in [-0.3, -0.25) is 9.88 Å². The second kappa shape index (κ2) is 8.43. The molecule has 6 nitrogen and oxygen atoms in total. The van der Waals surface area contributed by atoms with E-state index in [2.05, 4.69) is 30.8 Å². The maximum atomic E-state index is 5.56. The minimum atomic E-state index is 0.608. The third-order valence-electron chi connectivity index (χ3n) is 4.00. The van der Waals surface area contributed by atoms with Crippen molar-refractivity contribution in [3.8, 4) is 5.88 Å². The van der Waals surface area contributed by atoms with Crippen LogP contribution < -0.4 is 9.64 Å². The molecule has 3 heterocycles. The highest BCUT2D eigenvalue weighted by molar-refractivity contribution is 5.38. The minimum absolute atomic E-state index is 0.608. The standard InChI is InChI=1S/C17H23N5O/c1-2-6-19-16(5-1)22-12-10-21(11-13-22)9-3-4-14-23-17-15-18-7-8-20-17/h1-2,5-8,15H,3-4,9-14H2. The van der Waals surface area contributed by atoms with Crippen LogP contribution in [0.4, 0.5) is 5.82 Å². The van der Waals surface area contributed by atoms with Crippen molar-refractivity contribution in [2.45, 2.75) is 12.8 Å². The molecule has 1 aliphatic rings. The Morgan fingerprint density at radius 2 is 1.87 bits per heavy atom. The van der Waals surface area contributed by atoms with Gasteiger partial charge in [0.1, 0.15) is 5.82 Å². The highest BCUT2D eigenvalue weighted by Crippen LogP contribution is 2.12.